The first kappa shape index (κ1) is 18.7. The van der Waals surface area contributed by atoms with E-state index in [2.05, 4.69) is 12.2 Å². The van der Waals surface area contributed by atoms with E-state index in [1.807, 2.05) is 4.90 Å². The maximum absolute atomic E-state index is 12.7. The van der Waals surface area contributed by atoms with Gasteiger partial charge >= 0.3 is 0 Å². The second-order valence-electron chi connectivity index (χ2n) is 6.63. The van der Waals surface area contributed by atoms with Gasteiger partial charge in [-0.25, -0.2) is 0 Å². The molecule has 1 N–H and O–H groups in total. The fourth-order valence-electron chi connectivity index (χ4n) is 3.14. The SMILES string of the molecule is CC1CCCN(C(=O)c2cccc(C(=O)Nc3cccc(Cl)c3Cl)c2)C1. The molecular weight excluding hydrogens is 371 g/mol. The van der Waals surface area contributed by atoms with Crippen molar-refractivity contribution in [2.75, 3.05) is 18.4 Å². The fourth-order valence-corrected chi connectivity index (χ4v) is 3.49. The van der Waals surface area contributed by atoms with Crippen molar-refractivity contribution < 1.29 is 9.59 Å². The summed E-state index contributed by atoms with van der Waals surface area (Å²) in [6.45, 7) is 3.67. The van der Waals surface area contributed by atoms with Gasteiger partial charge in [0.25, 0.3) is 11.8 Å². The highest BCUT2D eigenvalue weighted by Gasteiger charge is 2.22. The molecule has 136 valence electrons. The van der Waals surface area contributed by atoms with Crippen molar-refractivity contribution in [2.24, 2.45) is 5.92 Å². The molecule has 0 aromatic heterocycles. The largest absolute Gasteiger partial charge is 0.338 e. The Morgan fingerprint density at radius 2 is 1.85 bits per heavy atom. The maximum atomic E-state index is 12.7. The minimum Gasteiger partial charge on any atom is -0.338 e. The van der Waals surface area contributed by atoms with Crippen LogP contribution in [0.1, 0.15) is 40.5 Å². The number of carbonyl (C=O) groups excluding carboxylic acids is 2. The van der Waals surface area contributed by atoms with Crippen molar-refractivity contribution in [1.29, 1.82) is 0 Å². The number of benzene rings is 2. The topological polar surface area (TPSA) is 49.4 Å². The van der Waals surface area contributed by atoms with Crippen molar-refractivity contribution in [2.45, 2.75) is 19.8 Å². The standard InChI is InChI=1S/C20H20Cl2N2O2/c1-13-5-4-10-24(12-13)20(26)15-7-2-6-14(11-15)19(25)23-17-9-3-8-16(21)18(17)22/h2-3,6-9,11,13H,4-5,10,12H2,1H3,(H,23,25). The van der Waals surface area contributed by atoms with Crippen LogP contribution in [0.15, 0.2) is 42.5 Å². The fraction of sp³-hybridized carbons (Fsp3) is 0.300. The highest BCUT2D eigenvalue weighted by atomic mass is 35.5. The van der Waals surface area contributed by atoms with E-state index in [0.717, 1.165) is 25.9 Å². The van der Waals surface area contributed by atoms with E-state index in [4.69, 9.17) is 23.2 Å². The summed E-state index contributed by atoms with van der Waals surface area (Å²) in [6.07, 6.45) is 2.16. The average Bonchev–Trinajstić information content (AvgIpc) is 2.65. The normalized spacial score (nSPS) is 17.0. The van der Waals surface area contributed by atoms with Crippen molar-refractivity contribution in [3.8, 4) is 0 Å². The molecule has 2 aromatic carbocycles. The van der Waals surface area contributed by atoms with Crippen molar-refractivity contribution in [3.05, 3.63) is 63.6 Å². The molecule has 1 fully saturated rings. The highest BCUT2D eigenvalue weighted by Crippen LogP contribution is 2.30. The Balaban J connectivity index is 1.77. The van der Waals surface area contributed by atoms with Crippen LogP contribution in [-0.2, 0) is 0 Å². The third-order valence-corrected chi connectivity index (χ3v) is 5.33. The lowest BCUT2D eigenvalue weighted by Crippen LogP contribution is -2.39. The van der Waals surface area contributed by atoms with Gasteiger partial charge in [-0.15, -0.1) is 0 Å². The summed E-state index contributed by atoms with van der Waals surface area (Å²) in [4.78, 5) is 27.1. The second kappa shape index (κ2) is 8.11. The number of likely N-dealkylation sites (tertiary alicyclic amines) is 1. The first-order valence-electron chi connectivity index (χ1n) is 8.60. The lowest BCUT2D eigenvalue weighted by atomic mass is 9.99. The van der Waals surface area contributed by atoms with Gasteiger partial charge in [-0.3, -0.25) is 9.59 Å². The summed E-state index contributed by atoms with van der Waals surface area (Å²) in [6, 6.07) is 11.8. The van der Waals surface area contributed by atoms with Crippen LogP contribution in [0.2, 0.25) is 10.0 Å². The average molecular weight is 391 g/mol. The molecule has 0 spiro atoms. The molecule has 1 atom stereocenters. The van der Waals surface area contributed by atoms with Crippen LogP contribution in [0.3, 0.4) is 0 Å². The smallest absolute Gasteiger partial charge is 0.255 e. The lowest BCUT2D eigenvalue weighted by molar-refractivity contribution is 0.0683. The Hall–Kier alpha value is -2.04. The van der Waals surface area contributed by atoms with Gasteiger partial charge in [-0.1, -0.05) is 42.3 Å². The summed E-state index contributed by atoms with van der Waals surface area (Å²) in [5, 5.41) is 3.40. The van der Waals surface area contributed by atoms with Crippen molar-refractivity contribution in [1.82, 2.24) is 4.90 Å². The van der Waals surface area contributed by atoms with E-state index in [9.17, 15) is 9.59 Å². The first-order chi connectivity index (χ1) is 12.5. The van der Waals surface area contributed by atoms with Crippen LogP contribution in [0.25, 0.3) is 0 Å². The summed E-state index contributed by atoms with van der Waals surface area (Å²) < 4.78 is 0. The summed E-state index contributed by atoms with van der Waals surface area (Å²) in [5.74, 6) is 0.131. The molecule has 6 heteroatoms. The molecule has 0 bridgehead atoms. The number of nitrogens with zero attached hydrogens (tertiary/aromatic N) is 1. The van der Waals surface area contributed by atoms with Gasteiger partial charge in [0.15, 0.2) is 0 Å². The highest BCUT2D eigenvalue weighted by molar-refractivity contribution is 6.44. The molecule has 26 heavy (non-hydrogen) atoms. The van der Waals surface area contributed by atoms with Gasteiger partial charge in [0, 0.05) is 24.2 Å². The number of piperidine rings is 1. The van der Waals surface area contributed by atoms with Gasteiger partial charge in [-0.05, 0) is 49.1 Å². The number of amides is 2. The Bertz CT molecular complexity index is 838. The van der Waals surface area contributed by atoms with Gasteiger partial charge in [0.05, 0.1) is 15.7 Å². The van der Waals surface area contributed by atoms with E-state index >= 15 is 0 Å². The van der Waals surface area contributed by atoms with Gasteiger partial charge in [0.2, 0.25) is 0 Å². The van der Waals surface area contributed by atoms with Crippen LogP contribution >= 0.6 is 23.2 Å². The van der Waals surface area contributed by atoms with E-state index < -0.39 is 0 Å². The predicted molar refractivity (Wildman–Crippen MR) is 105 cm³/mol. The zero-order chi connectivity index (χ0) is 18.7. The Morgan fingerprint density at radius 1 is 1.12 bits per heavy atom. The van der Waals surface area contributed by atoms with Crippen LogP contribution in [-0.4, -0.2) is 29.8 Å². The predicted octanol–water partition coefficient (Wildman–Crippen LogP) is 5.12. The number of rotatable bonds is 3. The molecule has 1 aliphatic rings. The molecule has 4 nitrogen and oxygen atoms in total. The summed E-state index contributed by atoms with van der Waals surface area (Å²) in [7, 11) is 0. The quantitative estimate of drug-likeness (QED) is 0.790. The molecule has 0 radical (unpaired) electrons. The van der Waals surface area contributed by atoms with Crippen LogP contribution in [0.5, 0.6) is 0 Å². The molecular formula is C20H20Cl2N2O2. The molecule has 1 saturated heterocycles. The van der Waals surface area contributed by atoms with Gasteiger partial charge in [-0.2, -0.15) is 0 Å². The third kappa shape index (κ3) is 4.19. The number of halogens is 2. The summed E-state index contributed by atoms with van der Waals surface area (Å²) >= 11 is 12.1. The number of nitrogens with one attached hydrogen (secondary N) is 1. The summed E-state index contributed by atoms with van der Waals surface area (Å²) in [5.41, 5.74) is 1.35. The molecule has 1 aliphatic heterocycles. The molecule has 0 aliphatic carbocycles. The zero-order valence-corrected chi connectivity index (χ0v) is 16.0. The van der Waals surface area contributed by atoms with Gasteiger partial charge in [0.1, 0.15) is 0 Å². The van der Waals surface area contributed by atoms with E-state index in [1.165, 1.54) is 0 Å². The second-order valence-corrected chi connectivity index (χ2v) is 7.42. The van der Waals surface area contributed by atoms with E-state index in [-0.39, 0.29) is 16.8 Å². The minimum atomic E-state index is -0.337. The number of hydrogen-bond donors (Lipinski definition) is 1. The minimum absolute atomic E-state index is 0.0352. The van der Waals surface area contributed by atoms with Gasteiger partial charge < -0.3 is 10.2 Å². The Morgan fingerprint density at radius 3 is 2.62 bits per heavy atom. The number of anilines is 1. The number of hydrogen-bond acceptors (Lipinski definition) is 2. The molecule has 2 aromatic rings. The molecule has 1 unspecified atom stereocenters. The maximum Gasteiger partial charge on any atom is 0.255 e. The van der Waals surface area contributed by atoms with E-state index in [1.54, 1.807) is 42.5 Å². The molecule has 0 saturated carbocycles. The van der Waals surface area contributed by atoms with Crippen molar-refractivity contribution in [3.63, 3.8) is 0 Å². The lowest BCUT2D eigenvalue weighted by Gasteiger charge is -2.31. The van der Waals surface area contributed by atoms with E-state index in [0.29, 0.717) is 27.8 Å². The Labute approximate surface area is 163 Å². The number of carbonyl (C=O) groups is 2. The zero-order valence-electron chi connectivity index (χ0n) is 14.5. The first-order valence-corrected chi connectivity index (χ1v) is 9.36. The Kier molecular flexibility index (Phi) is 5.84. The van der Waals surface area contributed by atoms with Crippen molar-refractivity contribution >= 4 is 40.7 Å². The monoisotopic (exact) mass is 390 g/mol. The molecule has 1 heterocycles. The van der Waals surface area contributed by atoms with Crippen LogP contribution < -0.4 is 5.32 Å². The van der Waals surface area contributed by atoms with Crippen LogP contribution in [0.4, 0.5) is 5.69 Å². The molecule has 2 amide bonds. The molecule has 3 rings (SSSR count). The van der Waals surface area contributed by atoms with Crippen LogP contribution in [0, 0.1) is 5.92 Å². The third-order valence-electron chi connectivity index (χ3n) is 4.52.